The molecular weight excluding hydrogens is 246 g/mol. The molecule has 17 heavy (non-hydrogen) atoms. The van der Waals surface area contributed by atoms with Gasteiger partial charge in [0.05, 0.1) is 11.4 Å². The van der Waals surface area contributed by atoms with Crippen LogP contribution in [-0.2, 0) is 14.8 Å². The number of carbonyl (C=O) groups is 2. The smallest absolute Gasteiger partial charge is 0.319 e. The normalized spacial score (nSPS) is 10.6. The van der Waals surface area contributed by atoms with E-state index in [4.69, 9.17) is 5.14 Å². The van der Waals surface area contributed by atoms with Crippen LogP contribution in [0.5, 0.6) is 0 Å². The second-order valence-corrected chi connectivity index (χ2v) is 4.63. The molecule has 92 valence electrons. The third-order valence-electron chi connectivity index (χ3n) is 1.79. The average molecular weight is 257 g/mol. The van der Waals surface area contributed by atoms with Crippen molar-refractivity contribution in [2.24, 2.45) is 5.14 Å². The molecule has 8 heteroatoms. The number of carbonyl (C=O) groups excluding carboxylic acids is 2. The molecule has 7 nitrogen and oxygen atoms in total. The molecule has 0 bridgehead atoms. The van der Waals surface area contributed by atoms with Crippen molar-refractivity contribution >= 4 is 28.0 Å². The SMILES string of the molecule is NS(=O)(=O)c1ccc(NC(=O)NCC=O)cc1. The molecule has 2 amide bonds. The van der Waals surface area contributed by atoms with Gasteiger partial charge in [-0.3, -0.25) is 0 Å². The average Bonchev–Trinajstić information content (AvgIpc) is 2.26. The van der Waals surface area contributed by atoms with Crippen LogP contribution in [0, 0.1) is 0 Å². The van der Waals surface area contributed by atoms with Crippen molar-refractivity contribution in [2.75, 3.05) is 11.9 Å². The number of nitrogens with two attached hydrogens (primary N) is 1. The number of urea groups is 1. The zero-order chi connectivity index (χ0) is 12.9. The van der Waals surface area contributed by atoms with Gasteiger partial charge >= 0.3 is 6.03 Å². The largest absolute Gasteiger partial charge is 0.331 e. The molecule has 0 aliphatic heterocycles. The van der Waals surface area contributed by atoms with Gasteiger partial charge in [0.15, 0.2) is 0 Å². The van der Waals surface area contributed by atoms with E-state index in [0.717, 1.165) is 0 Å². The summed E-state index contributed by atoms with van der Waals surface area (Å²) in [6.45, 7) is -0.0961. The quantitative estimate of drug-likeness (QED) is 0.639. The first-order valence-electron chi connectivity index (χ1n) is 4.55. The molecule has 0 aromatic heterocycles. The van der Waals surface area contributed by atoms with Crippen LogP contribution in [0.15, 0.2) is 29.2 Å². The van der Waals surface area contributed by atoms with E-state index < -0.39 is 16.1 Å². The van der Waals surface area contributed by atoms with E-state index in [-0.39, 0.29) is 11.4 Å². The Bertz CT molecular complexity index is 510. The van der Waals surface area contributed by atoms with Crippen molar-refractivity contribution in [3.05, 3.63) is 24.3 Å². The maximum absolute atomic E-state index is 11.1. The Morgan fingerprint density at radius 1 is 1.29 bits per heavy atom. The van der Waals surface area contributed by atoms with Crippen LogP contribution in [0.4, 0.5) is 10.5 Å². The lowest BCUT2D eigenvalue weighted by Gasteiger charge is -2.05. The molecular formula is C9H11N3O4S. The fourth-order valence-corrected chi connectivity index (χ4v) is 1.55. The Kier molecular flexibility index (Phi) is 4.18. The van der Waals surface area contributed by atoms with Gasteiger partial charge in [-0.05, 0) is 24.3 Å². The molecule has 4 N–H and O–H groups in total. The van der Waals surface area contributed by atoms with E-state index >= 15 is 0 Å². The molecule has 0 aliphatic carbocycles. The fraction of sp³-hybridized carbons (Fsp3) is 0.111. The number of amides is 2. The van der Waals surface area contributed by atoms with Gasteiger partial charge in [0.1, 0.15) is 6.29 Å². The Labute approximate surface area is 98.0 Å². The third kappa shape index (κ3) is 4.21. The minimum absolute atomic E-state index is 0.0450. The lowest BCUT2D eigenvalue weighted by molar-refractivity contribution is -0.107. The molecule has 1 aromatic rings. The van der Waals surface area contributed by atoms with Crippen LogP contribution < -0.4 is 15.8 Å². The number of hydrogen-bond donors (Lipinski definition) is 3. The van der Waals surface area contributed by atoms with Crippen molar-refractivity contribution < 1.29 is 18.0 Å². The number of hydrogen-bond acceptors (Lipinski definition) is 4. The van der Waals surface area contributed by atoms with Gasteiger partial charge in [-0.25, -0.2) is 18.4 Å². The highest BCUT2D eigenvalue weighted by molar-refractivity contribution is 7.89. The molecule has 0 saturated carbocycles. The lowest BCUT2D eigenvalue weighted by atomic mass is 10.3. The number of nitrogens with one attached hydrogen (secondary N) is 2. The highest BCUT2D eigenvalue weighted by atomic mass is 32.2. The summed E-state index contributed by atoms with van der Waals surface area (Å²) in [6, 6.07) is 4.76. The van der Waals surface area contributed by atoms with Gasteiger partial charge in [-0.15, -0.1) is 0 Å². The first-order chi connectivity index (χ1) is 7.93. The van der Waals surface area contributed by atoms with Gasteiger partial charge in [-0.1, -0.05) is 0 Å². The predicted octanol–water partition coefficient (Wildman–Crippen LogP) is -0.346. The first kappa shape index (κ1) is 13.1. The first-order valence-corrected chi connectivity index (χ1v) is 6.09. The molecule has 0 unspecified atom stereocenters. The van der Waals surface area contributed by atoms with Crippen LogP contribution in [-0.4, -0.2) is 27.3 Å². The number of rotatable bonds is 4. The predicted molar refractivity (Wildman–Crippen MR) is 60.9 cm³/mol. The van der Waals surface area contributed by atoms with Gasteiger partial charge in [0, 0.05) is 5.69 Å². The topological polar surface area (TPSA) is 118 Å². The van der Waals surface area contributed by atoms with Crippen LogP contribution in [0.1, 0.15) is 0 Å². The summed E-state index contributed by atoms with van der Waals surface area (Å²) in [6.07, 6.45) is 0.545. The summed E-state index contributed by atoms with van der Waals surface area (Å²) >= 11 is 0. The Morgan fingerprint density at radius 3 is 2.35 bits per heavy atom. The molecule has 0 aliphatic rings. The summed E-state index contributed by atoms with van der Waals surface area (Å²) in [5.41, 5.74) is 0.390. The zero-order valence-electron chi connectivity index (χ0n) is 8.71. The number of anilines is 1. The van der Waals surface area contributed by atoms with Crippen LogP contribution in [0.25, 0.3) is 0 Å². The Morgan fingerprint density at radius 2 is 1.88 bits per heavy atom. The van der Waals surface area contributed by atoms with Crippen molar-refractivity contribution in [1.82, 2.24) is 5.32 Å². The number of benzene rings is 1. The maximum atomic E-state index is 11.1. The summed E-state index contributed by atoms with van der Waals surface area (Å²) in [5, 5.41) is 9.58. The number of sulfonamides is 1. The van der Waals surface area contributed by atoms with Crippen molar-refractivity contribution in [3.63, 3.8) is 0 Å². The molecule has 0 radical (unpaired) electrons. The van der Waals surface area contributed by atoms with Gasteiger partial charge < -0.3 is 15.4 Å². The van der Waals surface area contributed by atoms with Crippen molar-refractivity contribution in [1.29, 1.82) is 0 Å². The van der Waals surface area contributed by atoms with Gasteiger partial charge in [0.25, 0.3) is 0 Å². The van der Waals surface area contributed by atoms with E-state index in [2.05, 4.69) is 10.6 Å². The second-order valence-electron chi connectivity index (χ2n) is 3.07. The molecule has 1 rings (SSSR count). The van der Waals surface area contributed by atoms with E-state index in [1.54, 1.807) is 0 Å². The monoisotopic (exact) mass is 257 g/mol. The van der Waals surface area contributed by atoms with Crippen LogP contribution in [0.3, 0.4) is 0 Å². The van der Waals surface area contributed by atoms with E-state index in [1.165, 1.54) is 24.3 Å². The highest BCUT2D eigenvalue weighted by Crippen LogP contribution is 2.12. The lowest BCUT2D eigenvalue weighted by Crippen LogP contribution is -2.30. The van der Waals surface area contributed by atoms with Crippen LogP contribution >= 0.6 is 0 Å². The standard InChI is InChI=1S/C9H11N3O4S/c10-17(15,16)8-3-1-7(2-4-8)12-9(14)11-5-6-13/h1-4,6H,5H2,(H2,10,15,16)(H2,11,12,14). The fourth-order valence-electron chi connectivity index (χ4n) is 1.04. The molecule has 0 spiro atoms. The summed E-state index contributed by atoms with van der Waals surface area (Å²) in [7, 11) is -3.74. The molecule has 0 atom stereocenters. The minimum Gasteiger partial charge on any atom is -0.331 e. The minimum atomic E-state index is -3.74. The summed E-state index contributed by atoms with van der Waals surface area (Å²) in [5.74, 6) is 0. The Balaban J connectivity index is 2.69. The maximum Gasteiger partial charge on any atom is 0.319 e. The van der Waals surface area contributed by atoms with Crippen molar-refractivity contribution in [2.45, 2.75) is 4.90 Å². The summed E-state index contributed by atoms with van der Waals surface area (Å²) < 4.78 is 21.9. The van der Waals surface area contributed by atoms with Gasteiger partial charge in [0.2, 0.25) is 10.0 Å². The van der Waals surface area contributed by atoms with Gasteiger partial charge in [-0.2, -0.15) is 0 Å². The second kappa shape index (κ2) is 5.41. The molecule has 1 aromatic carbocycles. The zero-order valence-corrected chi connectivity index (χ0v) is 9.53. The van der Waals surface area contributed by atoms with Crippen molar-refractivity contribution in [3.8, 4) is 0 Å². The number of primary sulfonamides is 1. The molecule has 0 fully saturated rings. The van der Waals surface area contributed by atoms with E-state index in [1.807, 2.05) is 0 Å². The molecule has 0 saturated heterocycles. The highest BCUT2D eigenvalue weighted by Gasteiger charge is 2.07. The van der Waals surface area contributed by atoms with Crippen LogP contribution in [0.2, 0.25) is 0 Å². The number of aldehydes is 1. The third-order valence-corrected chi connectivity index (χ3v) is 2.72. The Hall–Kier alpha value is -1.93. The summed E-state index contributed by atoms with van der Waals surface area (Å²) in [4.78, 5) is 21.1. The van der Waals surface area contributed by atoms with E-state index in [9.17, 15) is 18.0 Å². The molecule has 0 heterocycles. The van der Waals surface area contributed by atoms with E-state index in [0.29, 0.717) is 12.0 Å².